The number of aliphatic hydroxyl groups is 1. The van der Waals surface area contributed by atoms with Gasteiger partial charge in [-0.1, -0.05) is 0 Å². The molecule has 2 atom stereocenters. The van der Waals surface area contributed by atoms with Crippen LogP contribution in [0.2, 0.25) is 0 Å². The minimum atomic E-state index is -2.57. The Kier molecular flexibility index (Phi) is 5.08. The molecule has 4 nitrogen and oxygen atoms in total. The van der Waals surface area contributed by atoms with Crippen LogP contribution >= 0.6 is 0 Å². The Hall–Kier alpha value is -0.750. The van der Waals surface area contributed by atoms with Crippen molar-refractivity contribution in [1.82, 2.24) is 4.90 Å². The van der Waals surface area contributed by atoms with E-state index in [0.29, 0.717) is 6.42 Å². The second kappa shape index (κ2) is 6.10. The first-order valence-electron chi connectivity index (χ1n) is 5.34. The predicted molar refractivity (Wildman–Crippen MR) is 53.2 cm³/mol. The summed E-state index contributed by atoms with van der Waals surface area (Å²) in [4.78, 5) is 12.8. The summed E-state index contributed by atoms with van der Waals surface area (Å²) in [5.74, 6) is -0.695. The molecular formula is C10H17F2NO3. The molecular weight excluding hydrogens is 220 g/mol. The monoisotopic (exact) mass is 237 g/mol. The van der Waals surface area contributed by atoms with Crippen LogP contribution in [0.4, 0.5) is 8.78 Å². The Morgan fingerprint density at radius 1 is 1.62 bits per heavy atom. The maximum atomic E-state index is 12.2. The Balaban J connectivity index is 2.52. The van der Waals surface area contributed by atoms with Crippen molar-refractivity contribution in [3.8, 4) is 0 Å². The lowest BCUT2D eigenvalue weighted by atomic mass is 10.0. The van der Waals surface area contributed by atoms with E-state index < -0.39 is 13.0 Å². The van der Waals surface area contributed by atoms with E-state index in [9.17, 15) is 13.6 Å². The van der Waals surface area contributed by atoms with Gasteiger partial charge in [0.2, 0.25) is 5.91 Å². The van der Waals surface area contributed by atoms with Gasteiger partial charge in [0.1, 0.15) is 0 Å². The number of amides is 1. The third-order valence-corrected chi connectivity index (χ3v) is 2.59. The fourth-order valence-corrected chi connectivity index (χ4v) is 1.83. The molecule has 0 spiro atoms. The predicted octanol–water partition coefficient (Wildman–Crippen LogP) is 0.497. The molecule has 0 aromatic rings. The van der Waals surface area contributed by atoms with Crippen molar-refractivity contribution < 1.29 is 23.4 Å². The van der Waals surface area contributed by atoms with Crippen LogP contribution in [-0.2, 0) is 9.53 Å². The fraction of sp³-hybridized carbons (Fsp3) is 0.900. The zero-order valence-electron chi connectivity index (χ0n) is 9.23. The minimum absolute atomic E-state index is 0.00326. The summed E-state index contributed by atoms with van der Waals surface area (Å²) < 4.78 is 29.7. The Labute approximate surface area is 93.2 Å². The molecule has 1 amide bonds. The molecule has 0 aromatic carbocycles. The second-order valence-corrected chi connectivity index (χ2v) is 3.98. The normalized spacial score (nSPS) is 25.1. The van der Waals surface area contributed by atoms with E-state index in [1.165, 1.54) is 0 Å². The van der Waals surface area contributed by atoms with Gasteiger partial charge in [-0.15, -0.1) is 0 Å². The molecule has 0 saturated carbocycles. The Morgan fingerprint density at radius 3 is 2.75 bits per heavy atom. The first-order chi connectivity index (χ1) is 7.54. The topological polar surface area (TPSA) is 49.8 Å². The van der Waals surface area contributed by atoms with Crippen LogP contribution in [0.1, 0.15) is 13.3 Å². The zero-order chi connectivity index (χ0) is 12.1. The van der Waals surface area contributed by atoms with Crippen LogP contribution in [0.25, 0.3) is 0 Å². The van der Waals surface area contributed by atoms with E-state index in [2.05, 4.69) is 0 Å². The maximum absolute atomic E-state index is 12.2. The highest BCUT2D eigenvalue weighted by molar-refractivity contribution is 5.79. The number of ether oxygens (including phenoxy) is 1. The van der Waals surface area contributed by atoms with Crippen molar-refractivity contribution in [2.75, 3.05) is 26.3 Å². The van der Waals surface area contributed by atoms with Gasteiger partial charge < -0.3 is 14.7 Å². The van der Waals surface area contributed by atoms with Gasteiger partial charge >= 0.3 is 0 Å². The SMILES string of the molecule is CC1CC(C(=O)N(CCO)CC(F)F)CO1. The molecule has 1 saturated heterocycles. The van der Waals surface area contributed by atoms with Crippen LogP contribution in [-0.4, -0.2) is 54.7 Å². The number of carbonyl (C=O) groups is 1. The van der Waals surface area contributed by atoms with Gasteiger partial charge in [0.25, 0.3) is 6.43 Å². The number of aliphatic hydroxyl groups excluding tert-OH is 1. The Morgan fingerprint density at radius 2 is 2.31 bits per heavy atom. The lowest BCUT2D eigenvalue weighted by Crippen LogP contribution is -2.41. The molecule has 1 heterocycles. The average molecular weight is 237 g/mol. The van der Waals surface area contributed by atoms with Crippen molar-refractivity contribution in [1.29, 1.82) is 0 Å². The van der Waals surface area contributed by atoms with E-state index in [0.717, 1.165) is 4.90 Å². The van der Waals surface area contributed by atoms with Gasteiger partial charge in [-0.05, 0) is 13.3 Å². The highest BCUT2D eigenvalue weighted by Gasteiger charge is 2.32. The molecule has 1 aliphatic heterocycles. The van der Waals surface area contributed by atoms with E-state index in [1.807, 2.05) is 6.92 Å². The summed E-state index contributed by atoms with van der Waals surface area (Å²) in [5, 5.41) is 8.72. The summed E-state index contributed by atoms with van der Waals surface area (Å²) in [6, 6.07) is 0. The summed E-state index contributed by atoms with van der Waals surface area (Å²) >= 11 is 0. The molecule has 1 aliphatic rings. The molecule has 1 rings (SSSR count). The number of halogens is 2. The first-order valence-corrected chi connectivity index (χ1v) is 5.34. The molecule has 6 heteroatoms. The van der Waals surface area contributed by atoms with Crippen molar-refractivity contribution in [3.63, 3.8) is 0 Å². The summed E-state index contributed by atoms with van der Waals surface area (Å²) in [5.41, 5.74) is 0. The molecule has 0 aliphatic carbocycles. The molecule has 0 aromatic heterocycles. The molecule has 2 unspecified atom stereocenters. The number of hydrogen-bond donors (Lipinski definition) is 1. The fourth-order valence-electron chi connectivity index (χ4n) is 1.83. The molecule has 0 radical (unpaired) electrons. The Bertz CT molecular complexity index is 238. The summed E-state index contributed by atoms with van der Waals surface area (Å²) in [7, 11) is 0. The second-order valence-electron chi connectivity index (χ2n) is 3.98. The largest absolute Gasteiger partial charge is 0.395 e. The molecule has 0 bridgehead atoms. The molecule has 1 fully saturated rings. The van der Waals surface area contributed by atoms with Crippen molar-refractivity contribution in [3.05, 3.63) is 0 Å². The van der Waals surface area contributed by atoms with Crippen molar-refractivity contribution in [2.24, 2.45) is 5.92 Å². The number of nitrogens with zero attached hydrogens (tertiary/aromatic N) is 1. The molecule has 94 valence electrons. The summed E-state index contributed by atoms with van der Waals surface area (Å²) in [6.07, 6.45) is -2.02. The zero-order valence-corrected chi connectivity index (χ0v) is 9.23. The average Bonchev–Trinajstić information content (AvgIpc) is 2.62. The standard InChI is InChI=1S/C10H17F2NO3/c1-7-4-8(6-16-7)10(15)13(2-3-14)5-9(11)12/h7-9,14H,2-6H2,1H3. The van der Waals surface area contributed by atoms with Gasteiger partial charge in [-0.2, -0.15) is 0 Å². The maximum Gasteiger partial charge on any atom is 0.255 e. The molecule has 1 N–H and O–H groups in total. The van der Waals surface area contributed by atoms with E-state index in [4.69, 9.17) is 9.84 Å². The third-order valence-electron chi connectivity index (χ3n) is 2.59. The highest BCUT2D eigenvalue weighted by atomic mass is 19.3. The van der Waals surface area contributed by atoms with Crippen LogP contribution in [0.5, 0.6) is 0 Å². The van der Waals surface area contributed by atoms with Gasteiger partial charge in [-0.25, -0.2) is 8.78 Å². The summed E-state index contributed by atoms with van der Waals surface area (Å²) in [6.45, 7) is 1.15. The van der Waals surface area contributed by atoms with Gasteiger partial charge in [-0.3, -0.25) is 4.79 Å². The van der Waals surface area contributed by atoms with E-state index in [-0.39, 0.29) is 37.7 Å². The van der Waals surface area contributed by atoms with Crippen LogP contribution < -0.4 is 0 Å². The van der Waals surface area contributed by atoms with E-state index >= 15 is 0 Å². The smallest absolute Gasteiger partial charge is 0.255 e. The lowest BCUT2D eigenvalue weighted by Gasteiger charge is -2.23. The quantitative estimate of drug-likeness (QED) is 0.757. The highest BCUT2D eigenvalue weighted by Crippen LogP contribution is 2.21. The third kappa shape index (κ3) is 3.68. The van der Waals surface area contributed by atoms with Crippen LogP contribution in [0.3, 0.4) is 0 Å². The number of carbonyl (C=O) groups excluding carboxylic acids is 1. The number of hydrogen-bond acceptors (Lipinski definition) is 3. The minimum Gasteiger partial charge on any atom is -0.395 e. The number of rotatable bonds is 5. The lowest BCUT2D eigenvalue weighted by molar-refractivity contribution is -0.138. The van der Waals surface area contributed by atoms with Crippen molar-refractivity contribution in [2.45, 2.75) is 25.9 Å². The van der Waals surface area contributed by atoms with Gasteiger partial charge in [0.05, 0.1) is 31.8 Å². The first kappa shape index (κ1) is 13.3. The van der Waals surface area contributed by atoms with E-state index in [1.54, 1.807) is 0 Å². The number of alkyl halides is 2. The van der Waals surface area contributed by atoms with Gasteiger partial charge in [0, 0.05) is 6.54 Å². The molecule has 16 heavy (non-hydrogen) atoms. The van der Waals surface area contributed by atoms with Gasteiger partial charge in [0.15, 0.2) is 0 Å². The van der Waals surface area contributed by atoms with Crippen molar-refractivity contribution >= 4 is 5.91 Å². The van der Waals surface area contributed by atoms with Crippen LogP contribution in [0, 0.1) is 5.92 Å². The van der Waals surface area contributed by atoms with Crippen LogP contribution in [0.15, 0.2) is 0 Å².